The summed E-state index contributed by atoms with van der Waals surface area (Å²) in [7, 11) is 0. The van der Waals surface area contributed by atoms with Gasteiger partial charge in [0.2, 0.25) is 5.91 Å². The van der Waals surface area contributed by atoms with E-state index in [0.717, 1.165) is 58.8 Å². The van der Waals surface area contributed by atoms with E-state index in [-0.39, 0.29) is 17.4 Å². The maximum Gasteiger partial charge on any atom is 0.223 e. The fourth-order valence-corrected chi connectivity index (χ4v) is 3.66. The molecule has 1 N–H and O–H groups in total. The van der Waals surface area contributed by atoms with Crippen molar-refractivity contribution >= 4 is 5.91 Å². The third-order valence-corrected chi connectivity index (χ3v) is 5.92. The first kappa shape index (κ1) is 19.7. The SMILES string of the molecule is CC(C)C(C)C(=O)NC1(CN2CCOCC2)CCN(C(C)C)CC1. The van der Waals surface area contributed by atoms with Gasteiger partial charge in [-0.05, 0) is 32.6 Å². The van der Waals surface area contributed by atoms with Crippen molar-refractivity contribution < 1.29 is 9.53 Å². The Balaban J connectivity index is 2.05. The minimum absolute atomic E-state index is 0.0645. The van der Waals surface area contributed by atoms with Crippen molar-refractivity contribution in [3.63, 3.8) is 0 Å². The lowest BCUT2D eigenvalue weighted by Crippen LogP contribution is -2.62. The first-order valence-electron chi connectivity index (χ1n) is 9.69. The van der Waals surface area contributed by atoms with Crippen LogP contribution in [0.2, 0.25) is 0 Å². The second-order valence-electron chi connectivity index (χ2n) is 8.32. The topological polar surface area (TPSA) is 44.8 Å². The average Bonchev–Trinajstić information content (AvgIpc) is 2.55. The van der Waals surface area contributed by atoms with Crippen LogP contribution in [-0.4, -0.2) is 73.2 Å². The van der Waals surface area contributed by atoms with Gasteiger partial charge in [0.1, 0.15) is 0 Å². The lowest BCUT2D eigenvalue weighted by Gasteiger charge is -2.47. The molecule has 0 saturated carbocycles. The fraction of sp³-hybridized carbons (Fsp3) is 0.947. The number of amides is 1. The van der Waals surface area contributed by atoms with Gasteiger partial charge < -0.3 is 15.0 Å². The monoisotopic (exact) mass is 339 g/mol. The Hall–Kier alpha value is -0.650. The maximum atomic E-state index is 12.7. The van der Waals surface area contributed by atoms with Gasteiger partial charge in [0.05, 0.1) is 18.8 Å². The molecule has 2 heterocycles. The number of hydrogen-bond acceptors (Lipinski definition) is 4. The number of morpholine rings is 1. The van der Waals surface area contributed by atoms with E-state index in [4.69, 9.17) is 4.74 Å². The predicted molar refractivity (Wildman–Crippen MR) is 98.1 cm³/mol. The highest BCUT2D eigenvalue weighted by Gasteiger charge is 2.39. The van der Waals surface area contributed by atoms with E-state index in [0.29, 0.717) is 12.0 Å². The highest BCUT2D eigenvalue weighted by Crippen LogP contribution is 2.26. The first-order chi connectivity index (χ1) is 11.3. The van der Waals surface area contributed by atoms with Crippen molar-refractivity contribution in [2.75, 3.05) is 45.9 Å². The quantitative estimate of drug-likeness (QED) is 0.804. The Morgan fingerprint density at radius 3 is 2.12 bits per heavy atom. The normalized spacial score (nSPS) is 24.3. The summed E-state index contributed by atoms with van der Waals surface area (Å²) in [5.74, 6) is 0.659. The number of nitrogens with zero attached hydrogens (tertiary/aromatic N) is 2. The molecule has 0 aromatic rings. The van der Waals surface area contributed by atoms with Gasteiger partial charge in [-0.2, -0.15) is 0 Å². The van der Waals surface area contributed by atoms with E-state index < -0.39 is 0 Å². The molecular weight excluding hydrogens is 302 g/mol. The number of likely N-dealkylation sites (tertiary alicyclic amines) is 1. The third kappa shape index (κ3) is 5.17. The molecule has 140 valence electrons. The van der Waals surface area contributed by atoms with E-state index in [1.807, 2.05) is 6.92 Å². The van der Waals surface area contributed by atoms with Gasteiger partial charge in [-0.15, -0.1) is 0 Å². The Bertz CT molecular complexity index is 397. The van der Waals surface area contributed by atoms with Gasteiger partial charge in [0.15, 0.2) is 0 Å². The van der Waals surface area contributed by atoms with Crippen LogP contribution in [-0.2, 0) is 9.53 Å². The lowest BCUT2D eigenvalue weighted by molar-refractivity contribution is -0.129. The molecule has 1 unspecified atom stereocenters. The molecular formula is C19H37N3O2. The van der Waals surface area contributed by atoms with Crippen molar-refractivity contribution in [3.8, 4) is 0 Å². The molecule has 5 heteroatoms. The molecule has 0 aromatic carbocycles. The summed E-state index contributed by atoms with van der Waals surface area (Å²) in [5.41, 5.74) is -0.0804. The summed E-state index contributed by atoms with van der Waals surface area (Å²) in [5, 5.41) is 3.47. The average molecular weight is 340 g/mol. The minimum Gasteiger partial charge on any atom is -0.379 e. The number of rotatable bonds is 6. The zero-order valence-corrected chi connectivity index (χ0v) is 16.3. The van der Waals surface area contributed by atoms with Gasteiger partial charge in [-0.1, -0.05) is 20.8 Å². The van der Waals surface area contributed by atoms with Gasteiger partial charge in [-0.25, -0.2) is 0 Å². The summed E-state index contributed by atoms with van der Waals surface area (Å²) in [6.45, 7) is 17.5. The van der Waals surface area contributed by atoms with Crippen LogP contribution < -0.4 is 5.32 Å². The van der Waals surface area contributed by atoms with Crippen molar-refractivity contribution in [1.29, 1.82) is 0 Å². The molecule has 1 atom stereocenters. The second-order valence-corrected chi connectivity index (χ2v) is 8.32. The highest BCUT2D eigenvalue weighted by molar-refractivity contribution is 5.79. The first-order valence-corrected chi connectivity index (χ1v) is 9.69. The van der Waals surface area contributed by atoms with E-state index in [2.05, 4.69) is 42.8 Å². The summed E-state index contributed by atoms with van der Waals surface area (Å²) >= 11 is 0. The van der Waals surface area contributed by atoms with Crippen LogP contribution in [0, 0.1) is 11.8 Å². The van der Waals surface area contributed by atoms with Crippen molar-refractivity contribution in [1.82, 2.24) is 15.1 Å². The Kier molecular flexibility index (Phi) is 7.08. The maximum absolute atomic E-state index is 12.7. The Morgan fingerprint density at radius 2 is 1.62 bits per heavy atom. The summed E-state index contributed by atoms with van der Waals surface area (Å²) < 4.78 is 5.48. The molecule has 2 saturated heterocycles. The fourth-order valence-electron chi connectivity index (χ4n) is 3.66. The number of hydrogen-bond donors (Lipinski definition) is 1. The van der Waals surface area contributed by atoms with Crippen LogP contribution in [0.1, 0.15) is 47.5 Å². The molecule has 0 spiro atoms. The minimum atomic E-state index is -0.0804. The predicted octanol–water partition coefficient (Wildman–Crippen LogP) is 1.97. The largest absolute Gasteiger partial charge is 0.379 e. The smallest absolute Gasteiger partial charge is 0.223 e. The molecule has 2 aliphatic rings. The van der Waals surface area contributed by atoms with Crippen LogP contribution in [0.5, 0.6) is 0 Å². The van der Waals surface area contributed by atoms with Gasteiger partial charge in [0, 0.05) is 44.7 Å². The molecule has 5 nitrogen and oxygen atoms in total. The van der Waals surface area contributed by atoms with E-state index >= 15 is 0 Å². The van der Waals surface area contributed by atoms with Crippen molar-refractivity contribution in [2.45, 2.75) is 59.0 Å². The number of piperidine rings is 1. The van der Waals surface area contributed by atoms with E-state index in [1.54, 1.807) is 0 Å². The standard InChI is InChI=1S/C19H37N3O2/c1-15(2)17(5)18(23)20-19(14-21-10-12-24-13-11-21)6-8-22(9-7-19)16(3)4/h15-17H,6-14H2,1-5H3,(H,20,23). The number of carbonyl (C=O) groups is 1. The van der Waals surface area contributed by atoms with E-state index in [1.165, 1.54) is 0 Å². The number of ether oxygens (including phenoxy) is 1. The van der Waals surface area contributed by atoms with Gasteiger partial charge >= 0.3 is 0 Å². The van der Waals surface area contributed by atoms with Crippen LogP contribution >= 0.6 is 0 Å². The molecule has 2 rings (SSSR count). The lowest BCUT2D eigenvalue weighted by atomic mass is 9.84. The molecule has 0 aliphatic carbocycles. The van der Waals surface area contributed by atoms with Crippen molar-refractivity contribution in [3.05, 3.63) is 0 Å². The van der Waals surface area contributed by atoms with Crippen LogP contribution in [0.3, 0.4) is 0 Å². The zero-order valence-electron chi connectivity index (χ0n) is 16.3. The molecule has 1 amide bonds. The highest BCUT2D eigenvalue weighted by atomic mass is 16.5. The molecule has 0 aromatic heterocycles. The van der Waals surface area contributed by atoms with Crippen LogP contribution in [0.15, 0.2) is 0 Å². The summed E-state index contributed by atoms with van der Waals surface area (Å²) in [4.78, 5) is 17.7. The van der Waals surface area contributed by atoms with Crippen LogP contribution in [0.4, 0.5) is 0 Å². The third-order valence-electron chi connectivity index (χ3n) is 5.92. The Morgan fingerprint density at radius 1 is 1.04 bits per heavy atom. The summed E-state index contributed by atoms with van der Waals surface area (Å²) in [6, 6.07) is 0.580. The second kappa shape index (κ2) is 8.63. The van der Waals surface area contributed by atoms with Crippen LogP contribution in [0.25, 0.3) is 0 Å². The molecule has 0 radical (unpaired) electrons. The number of nitrogens with one attached hydrogen (secondary N) is 1. The summed E-state index contributed by atoms with van der Waals surface area (Å²) in [6.07, 6.45) is 2.08. The molecule has 2 aliphatic heterocycles. The number of carbonyl (C=O) groups excluding carboxylic acids is 1. The Labute approximate surface area is 148 Å². The molecule has 24 heavy (non-hydrogen) atoms. The zero-order chi connectivity index (χ0) is 17.7. The van der Waals surface area contributed by atoms with Gasteiger partial charge in [-0.3, -0.25) is 9.69 Å². The molecule has 2 fully saturated rings. The van der Waals surface area contributed by atoms with Gasteiger partial charge in [0.25, 0.3) is 0 Å². The molecule has 0 bridgehead atoms. The van der Waals surface area contributed by atoms with E-state index in [9.17, 15) is 4.79 Å². The van der Waals surface area contributed by atoms with Crippen molar-refractivity contribution in [2.24, 2.45) is 11.8 Å².